The zero-order chi connectivity index (χ0) is 22.1. The predicted octanol–water partition coefficient (Wildman–Crippen LogP) is 3.61. The molecule has 0 radical (unpaired) electrons. The lowest BCUT2D eigenvalue weighted by molar-refractivity contribution is -0.131. The Morgan fingerprint density at radius 3 is 2.61 bits per heavy atom. The predicted molar refractivity (Wildman–Crippen MR) is 118 cm³/mol. The Labute approximate surface area is 182 Å². The monoisotopic (exact) mass is 446 g/mol. The average molecular weight is 447 g/mol. The van der Waals surface area contributed by atoms with Crippen molar-refractivity contribution < 1.29 is 13.6 Å². The van der Waals surface area contributed by atoms with Crippen LogP contribution in [0.3, 0.4) is 0 Å². The third-order valence-electron chi connectivity index (χ3n) is 5.45. The molecule has 0 unspecified atom stereocenters. The van der Waals surface area contributed by atoms with Gasteiger partial charge in [0.15, 0.2) is 0 Å². The first-order chi connectivity index (χ1) is 14.8. The Morgan fingerprint density at radius 2 is 1.90 bits per heavy atom. The van der Waals surface area contributed by atoms with Crippen molar-refractivity contribution >= 4 is 39.8 Å². The van der Waals surface area contributed by atoms with Gasteiger partial charge in [0.25, 0.3) is 0 Å². The molecular formula is C22H21ClF2N4O2. The molecule has 2 heterocycles. The van der Waals surface area contributed by atoms with Gasteiger partial charge >= 0.3 is 0 Å². The van der Waals surface area contributed by atoms with Crippen LogP contribution in [0.5, 0.6) is 0 Å². The fourth-order valence-electron chi connectivity index (χ4n) is 3.83. The molecule has 9 heteroatoms. The van der Waals surface area contributed by atoms with E-state index in [1.807, 2.05) is 17.9 Å². The van der Waals surface area contributed by atoms with Gasteiger partial charge in [-0.1, -0.05) is 11.6 Å². The standard InChI is InChI=1S/C22H21ClF2N4O2/c1-13-12-28(16-9-17(24)22(23)18(25)10-16)6-7-29(13)21(31)11-26-15-3-4-19-14(8-15)2-5-20(30)27-19/h2-5,8-10,13,26H,6-7,11-12H2,1H3,(H,27,30)/t13-/m1/s1. The van der Waals surface area contributed by atoms with Crippen molar-refractivity contribution in [3.8, 4) is 0 Å². The lowest BCUT2D eigenvalue weighted by Gasteiger charge is -2.41. The maximum atomic E-state index is 13.8. The third kappa shape index (κ3) is 4.49. The highest BCUT2D eigenvalue weighted by atomic mass is 35.5. The van der Waals surface area contributed by atoms with Crippen LogP contribution in [-0.2, 0) is 4.79 Å². The Kier molecular flexibility index (Phi) is 5.82. The van der Waals surface area contributed by atoms with Crippen LogP contribution in [0.4, 0.5) is 20.2 Å². The van der Waals surface area contributed by atoms with Crippen molar-refractivity contribution in [2.45, 2.75) is 13.0 Å². The van der Waals surface area contributed by atoms with Gasteiger partial charge in [0.1, 0.15) is 16.7 Å². The molecule has 0 spiro atoms. The number of anilines is 2. The Morgan fingerprint density at radius 1 is 1.16 bits per heavy atom. The number of hydrogen-bond acceptors (Lipinski definition) is 4. The number of carbonyl (C=O) groups is 1. The summed E-state index contributed by atoms with van der Waals surface area (Å²) >= 11 is 5.56. The molecule has 0 saturated carbocycles. The number of nitrogens with zero attached hydrogens (tertiary/aromatic N) is 2. The minimum atomic E-state index is -0.800. The molecule has 1 amide bonds. The number of pyridine rings is 1. The second kappa shape index (κ2) is 8.55. The molecule has 2 aromatic carbocycles. The summed E-state index contributed by atoms with van der Waals surface area (Å²) in [5.41, 5.74) is 1.74. The summed E-state index contributed by atoms with van der Waals surface area (Å²) in [6, 6.07) is 10.9. The normalized spacial score (nSPS) is 16.6. The van der Waals surface area contributed by atoms with Crippen LogP contribution in [0.1, 0.15) is 6.92 Å². The summed E-state index contributed by atoms with van der Waals surface area (Å²) in [6.07, 6.45) is 0. The molecule has 162 valence electrons. The first-order valence-corrected chi connectivity index (χ1v) is 10.3. The number of benzene rings is 2. The van der Waals surface area contributed by atoms with Crippen molar-refractivity contribution in [2.75, 3.05) is 36.4 Å². The Bertz CT molecular complexity index is 1180. The molecule has 3 aromatic rings. The van der Waals surface area contributed by atoms with Gasteiger partial charge in [-0.05, 0) is 43.3 Å². The second-order valence-corrected chi connectivity index (χ2v) is 7.96. The number of piperazine rings is 1. The van der Waals surface area contributed by atoms with Crippen molar-refractivity contribution in [2.24, 2.45) is 0 Å². The number of halogens is 3. The summed E-state index contributed by atoms with van der Waals surface area (Å²) in [5, 5.41) is 3.47. The number of fused-ring (bicyclic) bond motifs is 1. The minimum Gasteiger partial charge on any atom is -0.376 e. The number of nitrogens with one attached hydrogen (secondary N) is 2. The fraction of sp³-hybridized carbons (Fsp3) is 0.273. The minimum absolute atomic E-state index is 0.0674. The van der Waals surface area contributed by atoms with E-state index in [0.29, 0.717) is 25.3 Å². The second-order valence-electron chi connectivity index (χ2n) is 7.58. The number of carbonyl (C=O) groups excluding carboxylic acids is 1. The SMILES string of the molecule is C[C@@H]1CN(c2cc(F)c(Cl)c(F)c2)CCN1C(=O)CNc1ccc2[nH]c(=O)ccc2c1. The number of H-pyrrole nitrogens is 1. The van der Waals surface area contributed by atoms with E-state index in [9.17, 15) is 18.4 Å². The number of rotatable bonds is 4. The summed E-state index contributed by atoms with van der Waals surface area (Å²) < 4.78 is 27.6. The zero-order valence-corrected chi connectivity index (χ0v) is 17.5. The van der Waals surface area contributed by atoms with E-state index in [0.717, 1.165) is 16.6 Å². The van der Waals surface area contributed by atoms with Crippen molar-refractivity contribution in [3.63, 3.8) is 0 Å². The molecule has 1 saturated heterocycles. The molecule has 4 rings (SSSR count). The van der Waals surface area contributed by atoms with Gasteiger partial charge in [0, 0.05) is 54.0 Å². The maximum Gasteiger partial charge on any atom is 0.248 e. The zero-order valence-electron chi connectivity index (χ0n) is 16.8. The molecule has 1 atom stereocenters. The first kappa shape index (κ1) is 21.1. The molecule has 1 aliphatic heterocycles. The van der Waals surface area contributed by atoms with E-state index in [1.165, 1.54) is 18.2 Å². The Hall–Kier alpha value is -3.13. The van der Waals surface area contributed by atoms with Crippen molar-refractivity contribution in [1.82, 2.24) is 9.88 Å². The molecule has 1 fully saturated rings. The van der Waals surface area contributed by atoms with E-state index < -0.39 is 16.7 Å². The maximum absolute atomic E-state index is 13.8. The molecule has 31 heavy (non-hydrogen) atoms. The van der Waals surface area contributed by atoms with Crippen molar-refractivity contribution in [1.29, 1.82) is 0 Å². The fourth-order valence-corrected chi connectivity index (χ4v) is 3.94. The van der Waals surface area contributed by atoms with E-state index in [-0.39, 0.29) is 24.1 Å². The van der Waals surface area contributed by atoms with Crippen LogP contribution < -0.4 is 15.8 Å². The molecule has 1 aromatic heterocycles. The van der Waals surface area contributed by atoms with Crippen LogP contribution in [0.15, 0.2) is 47.3 Å². The van der Waals surface area contributed by atoms with Crippen LogP contribution in [0.25, 0.3) is 10.9 Å². The van der Waals surface area contributed by atoms with Crippen molar-refractivity contribution in [3.05, 3.63) is 69.5 Å². The van der Waals surface area contributed by atoms with Gasteiger partial charge in [0.05, 0.1) is 6.54 Å². The number of aromatic amines is 1. The summed E-state index contributed by atoms with van der Waals surface area (Å²) in [4.78, 5) is 30.5. The summed E-state index contributed by atoms with van der Waals surface area (Å²) in [7, 11) is 0. The molecule has 0 bridgehead atoms. The molecular weight excluding hydrogens is 426 g/mol. The lowest BCUT2D eigenvalue weighted by atomic mass is 10.1. The molecule has 0 aliphatic carbocycles. The number of hydrogen-bond donors (Lipinski definition) is 2. The third-order valence-corrected chi connectivity index (χ3v) is 5.81. The van der Waals surface area contributed by atoms with E-state index in [2.05, 4.69) is 10.3 Å². The number of amides is 1. The average Bonchev–Trinajstić information content (AvgIpc) is 2.75. The van der Waals surface area contributed by atoms with E-state index >= 15 is 0 Å². The van der Waals surface area contributed by atoms with Gasteiger partial charge in [-0.3, -0.25) is 9.59 Å². The van der Waals surface area contributed by atoms with Gasteiger partial charge < -0.3 is 20.1 Å². The van der Waals surface area contributed by atoms with E-state index in [1.54, 1.807) is 23.1 Å². The highest BCUT2D eigenvalue weighted by Gasteiger charge is 2.28. The molecule has 2 N–H and O–H groups in total. The van der Waals surface area contributed by atoms with Gasteiger partial charge in [0.2, 0.25) is 11.5 Å². The highest BCUT2D eigenvalue weighted by molar-refractivity contribution is 6.31. The molecule has 1 aliphatic rings. The Balaban J connectivity index is 1.38. The quantitative estimate of drug-likeness (QED) is 0.601. The van der Waals surface area contributed by atoms with E-state index in [4.69, 9.17) is 11.6 Å². The van der Waals surface area contributed by atoms with Crippen LogP contribution >= 0.6 is 11.6 Å². The van der Waals surface area contributed by atoms with Gasteiger partial charge in [-0.25, -0.2) is 8.78 Å². The van der Waals surface area contributed by atoms with Crippen LogP contribution in [-0.4, -0.2) is 48.0 Å². The first-order valence-electron chi connectivity index (χ1n) is 9.88. The topological polar surface area (TPSA) is 68.4 Å². The summed E-state index contributed by atoms with van der Waals surface area (Å²) in [5.74, 6) is -1.67. The smallest absolute Gasteiger partial charge is 0.248 e. The van der Waals surface area contributed by atoms with Gasteiger partial charge in [-0.2, -0.15) is 0 Å². The van der Waals surface area contributed by atoms with Gasteiger partial charge in [-0.15, -0.1) is 0 Å². The largest absolute Gasteiger partial charge is 0.376 e. The molecule has 6 nitrogen and oxygen atoms in total. The summed E-state index contributed by atoms with van der Waals surface area (Å²) in [6.45, 7) is 3.37. The van der Waals surface area contributed by atoms with Crippen LogP contribution in [0, 0.1) is 11.6 Å². The highest BCUT2D eigenvalue weighted by Crippen LogP contribution is 2.27. The van der Waals surface area contributed by atoms with Crippen LogP contribution in [0.2, 0.25) is 5.02 Å². The number of aromatic nitrogens is 1. The lowest BCUT2D eigenvalue weighted by Crippen LogP contribution is -2.55.